The number of nitrogens with one attached hydrogen (secondary N) is 2. The van der Waals surface area contributed by atoms with Crippen LogP contribution in [0.2, 0.25) is 0 Å². The van der Waals surface area contributed by atoms with Gasteiger partial charge < -0.3 is 10.6 Å². The molecule has 0 spiro atoms. The molecule has 0 radical (unpaired) electrons. The molecule has 4 nitrogen and oxygen atoms in total. The SMILES string of the molecule is CCCC(=O)Nc1ccc(NCc2ccccc2F)cn1. The number of halogens is 1. The highest BCUT2D eigenvalue weighted by Crippen LogP contribution is 2.13. The zero-order chi connectivity index (χ0) is 15.1. The predicted octanol–water partition coefficient (Wildman–Crippen LogP) is 3.57. The Morgan fingerprint density at radius 3 is 2.71 bits per heavy atom. The van der Waals surface area contributed by atoms with Crippen molar-refractivity contribution >= 4 is 17.4 Å². The standard InChI is InChI=1S/C16H18FN3O/c1-2-5-16(21)20-15-9-8-13(11-19-15)18-10-12-6-3-4-7-14(12)17/h3-4,6-9,11,18H,2,5,10H2,1H3,(H,19,20,21). The summed E-state index contributed by atoms with van der Waals surface area (Å²) in [5.74, 6) is 0.239. The number of carbonyl (C=O) groups excluding carboxylic acids is 1. The maximum Gasteiger partial charge on any atom is 0.225 e. The average Bonchev–Trinajstić information content (AvgIpc) is 2.48. The lowest BCUT2D eigenvalue weighted by molar-refractivity contribution is -0.116. The highest BCUT2D eigenvalue weighted by molar-refractivity contribution is 5.89. The van der Waals surface area contributed by atoms with E-state index >= 15 is 0 Å². The van der Waals surface area contributed by atoms with Gasteiger partial charge >= 0.3 is 0 Å². The van der Waals surface area contributed by atoms with Gasteiger partial charge in [0, 0.05) is 18.5 Å². The number of pyridine rings is 1. The van der Waals surface area contributed by atoms with Crippen molar-refractivity contribution in [2.24, 2.45) is 0 Å². The summed E-state index contributed by atoms with van der Waals surface area (Å²) < 4.78 is 13.5. The fraction of sp³-hybridized carbons (Fsp3) is 0.250. The van der Waals surface area contributed by atoms with Gasteiger partial charge in [0.1, 0.15) is 11.6 Å². The number of nitrogens with zero attached hydrogens (tertiary/aromatic N) is 1. The summed E-state index contributed by atoms with van der Waals surface area (Å²) in [6.07, 6.45) is 2.89. The van der Waals surface area contributed by atoms with Crippen LogP contribution in [0.3, 0.4) is 0 Å². The van der Waals surface area contributed by atoms with Crippen LogP contribution in [0.15, 0.2) is 42.6 Å². The molecule has 0 aliphatic rings. The van der Waals surface area contributed by atoms with Crippen molar-refractivity contribution in [2.45, 2.75) is 26.3 Å². The first-order chi connectivity index (χ1) is 10.2. The zero-order valence-corrected chi connectivity index (χ0v) is 11.9. The van der Waals surface area contributed by atoms with Gasteiger partial charge in [0.15, 0.2) is 0 Å². The molecular formula is C16H18FN3O. The molecule has 0 aliphatic carbocycles. The van der Waals surface area contributed by atoms with Gasteiger partial charge in [-0.25, -0.2) is 9.37 Å². The lowest BCUT2D eigenvalue weighted by Crippen LogP contribution is -2.11. The Morgan fingerprint density at radius 2 is 2.05 bits per heavy atom. The summed E-state index contributed by atoms with van der Waals surface area (Å²) in [5.41, 5.74) is 1.37. The van der Waals surface area contributed by atoms with Crippen LogP contribution in [0, 0.1) is 5.82 Å². The minimum absolute atomic E-state index is 0.0444. The number of benzene rings is 1. The number of hydrogen-bond donors (Lipinski definition) is 2. The second-order valence-corrected chi connectivity index (χ2v) is 4.68. The van der Waals surface area contributed by atoms with Crippen molar-refractivity contribution in [3.05, 3.63) is 54.0 Å². The van der Waals surface area contributed by atoms with Crippen molar-refractivity contribution in [2.75, 3.05) is 10.6 Å². The first-order valence-corrected chi connectivity index (χ1v) is 6.92. The Labute approximate surface area is 123 Å². The molecule has 2 aromatic rings. The predicted molar refractivity (Wildman–Crippen MR) is 81.5 cm³/mol. The van der Waals surface area contributed by atoms with E-state index in [-0.39, 0.29) is 11.7 Å². The summed E-state index contributed by atoms with van der Waals surface area (Å²) in [6, 6.07) is 10.1. The molecule has 2 rings (SSSR count). The molecule has 0 saturated carbocycles. The first kappa shape index (κ1) is 15.0. The number of carbonyl (C=O) groups is 1. The quantitative estimate of drug-likeness (QED) is 0.854. The Morgan fingerprint density at radius 1 is 1.24 bits per heavy atom. The first-order valence-electron chi connectivity index (χ1n) is 6.92. The molecule has 0 aliphatic heterocycles. The van der Waals surface area contributed by atoms with E-state index in [0.717, 1.165) is 12.1 Å². The fourth-order valence-electron chi connectivity index (χ4n) is 1.84. The minimum Gasteiger partial charge on any atom is -0.380 e. The van der Waals surface area contributed by atoms with Gasteiger partial charge in [-0.15, -0.1) is 0 Å². The van der Waals surface area contributed by atoms with Gasteiger partial charge in [-0.05, 0) is 24.6 Å². The van der Waals surface area contributed by atoms with Crippen LogP contribution in [-0.4, -0.2) is 10.9 Å². The summed E-state index contributed by atoms with van der Waals surface area (Å²) in [4.78, 5) is 15.6. The molecular weight excluding hydrogens is 269 g/mol. The van der Waals surface area contributed by atoms with Crippen LogP contribution in [0.25, 0.3) is 0 Å². The Hall–Kier alpha value is -2.43. The zero-order valence-electron chi connectivity index (χ0n) is 11.9. The van der Waals surface area contributed by atoms with Gasteiger partial charge in [-0.1, -0.05) is 25.1 Å². The number of hydrogen-bond acceptors (Lipinski definition) is 3. The molecule has 2 N–H and O–H groups in total. The highest BCUT2D eigenvalue weighted by atomic mass is 19.1. The smallest absolute Gasteiger partial charge is 0.225 e. The third-order valence-corrected chi connectivity index (χ3v) is 2.95. The van der Waals surface area contributed by atoms with Crippen molar-refractivity contribution < 1.29 is 9.18 Å². The van der Waals surface area contributed by atoms with Gasteiger partial charge in [-0.2, -0.15) is 0 Å². The van der Waals surface area contributed by atoms with E-state index in [1.807, 2.05) is 6.92 Å². The number of aromatic nitrogens is 1. The van der Waals surface area contributed by atoms with E-state index in [9.17, 15) is 9.18 Å². The number of rotatable bonds is 6. The third kappa shape index (κ3) is 4.56. The molecule has 0 fully saturated rings. The van der Waals surface area contributed by atoms with Gasteiger partial charge in [0.2, 0.25) is 5.91 Å². The van der Waals surface area contributed by atoms with Gasteiger partial charge in [-0.3, -0.25) is 4.79 Å². The minimum atomic E-state index is -0.235. The summed E-state index contributed by atoms with van der Waals surface area (Å²) in [5, 5.41) is 5.81. The number of amides is 1. The molecule has 0 atom stereocenters. The number of anilines is 2. The van der Waals surface area contributed by atoms with Crippen LogP contribution >= 0.6 is 0 Å². The lowest BCUT2D eigenvalue weighted by Gasteiger charge is -2.08. The van der Waals surface area contributed by atoms with Crippen molar-refractivity contribution in [1.82, 2.24) is 4.98 Å². The highest BCUT2D eigenvalue weighted by Gasteiger charge is 2.03. The maximum atomic E-state index is 13.5. The Balaban J connectivity index is 1.91. The third-order valence-electron chi connectivity index (χ3n) is 2.95. The fourth-order valence-corrected chi connectivity index (χ4v) is 1.84. The van der Waals surface area contributed by atoms with Gasteiger partial charge in [0.05, 0.1) is 11.9 Å². The topological polar surface area (TPSA) is 54.0 Å². The molecule has 1 aromatic carbocycles. The lowest BCUT2D eigenvalue weighted by atomic mass is 10.2. The van der Waals surface area contributed by atoms with Crippen molar-refractivity contribution in [3.8, 4) is 0 Å². The van der Waals surface area contributed by atoms with Gasteiger partial charge in [0.25, 0.3) is 0 Å². The van der Waals surface area contributed by atoms with E-state index in [1.165, 1.54) is 6.07 Å². The second kappa shape index (κ2) is 7.38. The largest absolute Gasteiger partial charge is 0.380 e. The van der Waals surface area contributed by atoms with E-state index in [2.05, 4.69) is 15.6 Å². The summed E-state index contributed by atoms with van der Waals surface area (Å²) >= 11 is 0. The van der Waals surface area contributed by atoms with E-state index in [0.29, 0.717) is 24.3 Å². The van der Waals surface area contributed by atoms with Crippen LogP contribution in [0.5, 0.6) is 0 Å². The molecule has 1 aromatic heterocycles. The molecule has 0 saturated heterocycles. The molecule has 21 heavy (non-hydrogen) atoms. The average molecular weight is 287 g/mol. The van der Waals surface area contributed by atoms with E-state index < -0.39 is 0 Å². The van der Waals surface area contributed by atoms with Crippen molar-refractivity contribution in [3.63, 3.8) is 0 Å². The van der Waals surface area contributed by atoms with E-state index in [4.69, 9.17) is 0 Å². The molecule has 1 amide bonds. The summed E-state index contributed by atoms with van der Waals surface area (Å²) in [6.45, 7) is 2.33. The normalized spacial score (nSPS) is 10.2. The van der Waals surface area contributed by atoms with Crippen molar-refractivity contribution in [1.29, 1.82) is 0 Å². The molecule has 0 unspecified atom stereocenters. The molecule has 0 bridgehead atoms. The van der Waals surface area contributed by atoms with Crippen LogP contribution in [0.4, 0.5) is 15.9 Å². The van der Waals surface area contributed by atoms with Crippen LogP contribution in [-0.2, 0) is 11.3 Å². The molecule has 110 valence electrons. The summed E-state index contributed by atoms with van der Waals surface area (Å²) in [7, 11) is 0. The second-order valence-electron chi connectivity index (χ2n) is 4.68. The van der Waals surface area contributed by atoms with Crippen LogP contribution in [0.1, 0.15) is 25.3 Å². The Kier molecular flexibility index (Phi) is 5.26. The van der Waals surface area contributed by atoms with Crippen LogP contribution < -0.4 is 10.6 Å². The Bertz CT molecular complexity index is 599. The van der Waals surface area contributed by atoms with E-state index in [1.54, 1.807) is 36.5 Å². The molecule has 1 heterocycles. The monoisotopic (exact) mass is 287 g/mol. The molecule has 5 heteroatoms. The maximum absolute atomic E-state index is 13.5.